The fraction of sp³-hybridized carbons (Fsp3) is 0.429. The molecule has 0 heterocycles. The van der Waals surface area contributed by atoms with Crippen molar-refractivity contribution in [1.82, 2.24) is 4.90 Å². The van der Waals surface area contributed by atoms with Crippen LogP contribution in [0.3, 0.4) is 0 Å². The maximum Gasteiger partial charge on any atom is 0.471 e. The normalized spacial score (nSPS) is 12.6. The molecule has 1 atom stereocenters. The smallest absolute Gasteiger partial charge is 0.469 e. The number of hydrogen-bond donors (Lipinski definition) is 0. The van der Waals surface area contributed by atoms with Gasteiger partial charge < -0.3 is 9.64 Å². The number of rotatable bonds is 5. The van der Waals surface area contributed by atoms with Crippen molar-refractivity contribution in [1.29, 1.82) is 0 Å². The van der Waals surface area contributed by atoms with Gasteiger partial charge in [-0.1, -0.05) is 19.1 Å². The summed E-state index contributed by atoms with van der Waals surface area (Å²) in [7, 11) is 1.11. The third-order valence-electron chi connectivity index (χ3n) is 2.91. The first-order chi connectivity index (χ1) is 10.1. The molecule has 0 saturated carbocycles. The largest absolute Gasteiger partial charge is 0.471 e. The van der Waals surface area contributed by atoms with E-state index >= 15 is 0 Å². The quantitative estimate of drug-likeness (QED) is 0.618. The first-order valence-corrected chi connectivity index (χ1v) is 6.33. The molecule has 8 heteroatoms. The van der Waals surface area contributed by atoms with Gasteiger partial charge in [0.1, 0.15) is 5.82 Å². The van der Waals surface area contributed by atoms with Gasteiger partial charge in [0.05, 0.1) is 13.0 Å². The zero-order valence-corrected chi connectivity index (χ0v) is 12.0. The molecule has 122 valence electrons. The lowest BCUT2D eigenvalue weighted by Crippen LogP contribution is -2.44. The predicted octanol–water partition coefficient (Wildman–Crippen LogP) is 2.53. The van der Waals surface area contributed by atoms with Gasteiger partial charge in [-0.3, -0.25) is 9.59 Å². The second-order valence-electron chi connectivity index (χ2n) is 4.73. The number of hydrogen-bond acceptors (Lipinski definition) is 3. The summed E-state index contributed by atoms with van der Waals surface area (Å²) in [5, 5.41) is 0. The molecule has 1 rings (SSSR count). The van der Waals surface area contributed by atoms with Crippen molar-refractivity contribution in [3.8, 4) is 0 Å². The molecule has 0 aromatic heterocycles. The number of esters is 1. The maximum atomic E-state index is 12.8. The molecule has 0 bridgehead atoms. The van der Waals surface area contributed by atoms with E-state index in [4.69, 9.17) is 0 Å². The number of carbonyl (C=O) groups is 2. The molecule has 0 radical (unpaired) electrons. The summed E-state index contributed by atoms with van der Waals surface area (Å²) in [6, 6.07) is 4.70. The molecule has 0 aliphatic rings. The summed E-state index contributed by atoms with van der Waals surface area (Å²) in [6.45, 7) is 0.509. The van der Waals surface area contributed by atoms with E-state index in [0.29, 0.717) is 10.5 Å². The van der Waals surface area contributed by atoms with Crippen molar-refractivity contribution in [2.75, 3.05) is 13.7 Å². The zero-order chi connectivity index (χ0) is 16.9. The van der Waals surface area contributed by atoms with Gasteiger partial charge in [0.15, 0.2) is 0 Å². The molecular weight excluding hydrogens is 306 g/mol. The molecule has 0 fully saturated rings. The van der Waals surface area contributed by atoms with Gasteiger partial charge >= 0.3 is 18.1 Å². The van der Waals surface area contributed by atoms with E-state index in [1.165, 1.54) is 19.1 Å². The summed E-state index contributed by atoms with van der Waals surface area (Å²) in [5.41, 5.74) is 0.316. The van der Waals surface area contributed by atoms with Gasteiger partial charge in [0, 0.05) is 13.1 Å². The van der Waals surface area contributed by atoms with E-state index < -0.39 is 36.3 Å². The predicted molar refractivity (Wildman–Crippen MR) is 69.1 cm³/mol. The lowest BCUT2D eigenvalue weighted by atomic mass is 10.1. The molecule has 0 saturated heterocycles. The Morgan fingerprint density at radius 3 is 2.23 bits per heavy atom. The molecule has 1 aromatic rings. The summed E-state index contributed by atoms with van der Waals surface area (Å²) in [4.78, 5) is 23.3. The Labute approximate surface area is 124 Å². The van der Waals surface area contributed by atoms with Crippen LogP contribution >= 0.6 is 0 Å². The summed E-state index contributed by atoms with van der Waals surface area (Å²) >= 11 is 0. The van der Waals surface area contributed by atoms with Crippen LogP contribution in [-0.4, -0.2) is 36.6 Å². The molecule has 1 unspecified atom stereocenters. The van der Waals surface area contributed by atoms with E-state index in [1.807, 2.05) is 0 Å². The maximum absolute atomic E-state index is 12.8. The van der Waals surface area contributed by atoms with Crippen LogP contribution in [0.5, 0.6) is 0 Å². The summed E-state index contributed by atoms with van der Waals surface area (Å²) < 4.78 is 55.1. The number of methoxy groups -OCH3 is 1. The van der Waals surface area contributed by atoms with Crippen molar-refractivity contribution in [3.63, 3.8) is 0 Å². The molecular formula is C14H15F4NO3. The second-order valence-corrected chi connectivity index (χ2v) is 4.73. The lowest BCUT2D eigenvalue weighted by Gasteiger charge is -2.26. The number of alkyl halides is 3. The first-order valence-electron chi connectivity index (χ1n) is 6.33. The first kappa shape index (κ1) is 17.9. The van der Waals surface area contributed by atoms with Gasteiger partial charge in [0.2, 0.25) is 0 Å². The minimum absolute atomic E-state index is 0.316. The molecule has 0 spiro atoms. The molecule has 22 heavy (non-hydrogen) atoms. The van der Waals surface area contributed by atoms with E-state index in [9.17, 15) is 27.2 Å². The standard InChI is InChI=1S/C14H15F4NO3/c1-9(12(20)22-2)7-19(13(21)14(16,17)18)8-10-3-5-11(15)6-4-10/h3-6,9H,7-8H2,1-2H3. The minimum Gasteiger partial charge on any atom is -0.469 e. The molecule has 1 aromatic carbocycles. The molecule has 0 N–H and O–H groups in total. The highest BCUT2D eigenvalue weighted by atomic mass is 19.4. The highest BCUT2D eigenvalue weighted by Crippen LogP contribution is 2.21. The fourth-order valence-electron chi connectivity index (χ4n) is 1.82. The van der Waals surface area contributed by atoms with E-state index in [2.05, 4.69) is 4.74 Å². The number of benzene rings is 1. The summed E-state index contributed by atoms with van der Waals surface area (Å²) in [6.07, 6.45) is -5.06. The summed E-state index contributed by atoms with van der Waals surface area (Å²) in [5.74, 6) is -4.25. The molecule has 1 amide bonds. The van der Waals surface area contributed by atoms with Crippen LogP contribution < -0.4 is 0 Å². The number of carbonyl (C=O) groups excluding carboxylic acids is 2. The van der Waals surface area contributed by atoms with Crippen molar-refractivity contribution >= 4 is 11.9 Å². The third kappa shape index (κ3) is 5.01. The average molecular weight is 321 g/mol. The minimum atomic E-state index is -5.06. The van der Waals surface area contributed by atoms with Crippen molar-refractivity contribution in [2.45, 2.75) is 19.6 Å². The van der Waals surface area contributed by atoms with Crippen molar-refractivity contribution in [2.24, 2.45) is 5.92 Å². The lowest BCUT2D eigenvalue weighted by molar-refractivity contribution is -0.187. The molecule has 0 aliphatic heterocycles. The van der Waals surface area contributed by atoms with Crippen molar-refractivity contribution in [3.05, 3.63) is 35.6 Å². The Balaban J connectivity index is 2.93. The third-order valence-corrected chi connectivity index (χ3v) is 2.91. The molecule has 4 nitrogen and oxygen atoms in total. The van der Waals surface area contributed by atoms with Crippen LogP contribution in [0.1, 0.15) is 12.5 Å². The zero-order valence-electron chi connectivity index (χ0n) is 12.0. The van der Waals surface area contributed by atoms with Crippen molar-refractivity contribution < 1.29 is 31.9 Å². The van der Waals surface area contributed by atoms with Crippen LogP contribution in [0.2, 0.25) is 0 Å². The van der Waals surface area contributed by atoms with Gasteiger partial charge in [-0.2, -0.15) is 13.2 Å². The van der Waals surface area contributed by atoms with Crippen LogP contribution in [0, 0.1) is 11.7 Å². The average Bonchev–Trinajstić information content (AvgIpc) is 2.46. The topological polar surface area (TPSA) is 46.6 Å². The van der Waals surface area contributed by atoms with Gasteiger partial charge in [0.25, 0.3) is 0 Å². The molecule has 0 aliphatic carbocycles. The number of ether oxygens (including phenoxy) is 1. The second kappa shape index (κ2) is 7.24. The Bertz CT molecular complexity index is 528. The highest BCUT2D eigenvalue weighted by molar-refractivity contribution is 5.82. The number of amides is 1. The highest BCUT2D eigenvalue weighted by Gasteiger charge is 2.43. The van der Waals surface area contributed by atoms with E-state index in [-0.39, 0.29) is 6.54 Å². The van der Waals surface area contributed by atoms with Crippen LogP contribution in [0.4, 0.5) is 17.6 Å². The van der Waals surface area contributed by atoms with Crippen LogP contribution in [-0.2, 0) is 20.9 Å². The Morgan fingerprint density at radius 1 is 1.23 bits per heavy atom. The Kier molecular flexibility index (Phi) is 5.90. The van der Waals surface area contributed by atoms with Crippen LogP contribution in [0.15, 0.2) is 24.3 Å². The van der Waals surface area contributed by atoms with Crippen LogP contribution in [0.25, 0.3) is 0 Å². The van der Waals surface area contributed by atoms with Gasteiger partial charge in [-0.15, -0.1) is 0 Å². The monoisotopic (exact) mass is 321 g/mol. The number of nitrogens with zero attached hydrogens (tertiary/aromatic N) is 1. The fourth-order valence-corrected chi connectivity index (χ4v) is 1.82. The number of halogens is 4. The Hall–Kier alpha value is -2.12. The van der Waals surface area contributed by atoms with Gasteiger partial charge in [-0.25, -0.2) is 4.39 Å². The van der Waals surface area contributed by atoms with Gasteiger partial charge in [-0.05, 0) is 17.7 Å². The van der Waals surface area contributed by atoms with E-state index in [0.717, 1.165) is 19.2 Å². The Morgan fingerprint density at radius 2 is 1.77 bits per heavy atom. The van der Waals surface area contributed by atoms with E-state index in [1.54, 1.807) is 0 Å². The SMILES string of the molecule is COC(=O)C(C)CN(Cc1ccc(F)cc1)C(=O)C(F)(F)F.